The van der Waals surface area contributed by atoms with Crippen LogP contribution >= 0.6 is 0 Å². The molecule has 2 aliphatic rings. The summed E-state index contributed by atoms with van der Waals surface area (Å²) in [6, 6.07) is -0.347. The van der Waals surface area contributed by atoms with E-state index in [0.29, 0.717) is 0 Å². The first kappa shape index (κ1) is 10.9. The van der Waals surface area contributed by atoms with Crippen molar-refractivity contribution >= 4 is 5.91 Å². The van der Waals surface area contributed by atoms with Crippen LogP contribution in [0.5, 0.6) is 0 Å². The van der Waals surface area contributed by atoms with E-state index in [0.717, 1.165) is 32.1 Å². The van der Waals surface area contributed by atoms with Crippen molar-refractivity contribution in [3.05, 3.63) is 0 Å². The maximum Gasteiger partial charge on any atom is 0.239 e. The molecular weight excluding hydrogens is 190 g/mol. The summed E-state index contributed by atoms with van der Waals surface area (Å²) in [4.78, 5) is 16.0. The Morgan fingerprint density at radius 1 is 1.33 bits per heavy atom. The molecular formula is C11H21N3O. The van der Waals surface area contributed by atoms with Crippen molar-refractivity contribution in [2.45, 2.75) is 25.8 Å². The Morgan fingerprint density at radius 3 is 2.40 bits per heavy atom. The molecule has 0 bridgehead atoms. The van der Waals surface area contributed by atoms with Crippen LogP contribution in [0.2, 0.25) is 0 Å². The molecule has 1 aliphatic heterocycles. The largest absolute Gasteiger partial charge is 0.339 e. The Bertz CT molecular complexity index is 230. The first-order chi connectivity index (χ1) is 7.16. The molecule has 15 heavy (non-hydrogen) atoms. The van der Waals surface area contributed by atoms with Gasteiger partial charge in [-0.05, 0) is 25.7 Å². The van der Waals surface area contributed by atoms with Gasteiger partial charge in [-0.3, -0.25) is 9.69 Å². The van der Waals surface area contributed by atoms with E-state index < -0.39 is 0 Å². The van der Waals surface area contributed by atoms with Gasteiger partial charge in [0, 0.05) is 32.7 Å². The smallest absolute Gasteiger partial charge is 0.239 e. The van der Waals surface area contributed by atoms with Crippen LogP contribution in [0.3, 0.4) is 0 Å². The van der Waals surface area contributed by atoms with Gasteiger partial charge in [0.05, 0.1) is 6.04 Å². The summed E-state index contributed by atoms with van der Waals surface area (Å²) in [6.07, 6.45) is 2.80. The molecule has 86 valence electrons. The lowest BCUT2D eigenvalue weighted by atomic mass is 10.2. The Morgan fingerprint density at radius 2 is 1.93 bits per heavy atom. The predicted octanol–water partition coefficient (Wildman–Crippen LogP) is -0.112. The van der Waals surface area contributed by atoms with Gasteiger partial charge in [0.25, 0.3) is 0 Å². The number of nitrogens with zero attached hydrogens (tertiary/aromatic N) is 2. The van der Waals surface area contributed by atoms with Crippen molar-refractivity contribution in [2.75, 3.05) is 32.7 Å². The molecule has 1 atom stereocenters. The van der Waals surface area contributed by atoms with Gasteiger partial charge in [0.1, 0.15) is 0 Å². The second-order valence-corrected chi connectivity index (χ2v) is 4.86. The number of piperazine rings is 1. The molecule has 0 radical (unpaired) electrons. The monoisotopic (exact) mass is 211 g/mol. The molecule has 1 amide bonds. The molecule has 1 aliphatic carbocycles. The van der Waals surface area contributed by atoms with E-state index in [9.17, 15) is 4.79 Å². The van der Waals surface area contributed by atoms with Gasteiger partial charge in [-0.15, -0.1) is 0 Å². The zero-order valence-electron chi connectivity index (χ0n) is 9.48. The van der Waals surface area contributed by atoms with Gasteiger partial charge in [0.2, 0.25) is 5.91 Å². The summed E-state index contributed by atoms with van der Waals surface area (Å²) in [6.45, 7) is 6.75. The molecule has 2 rings (SSSR count). The lowest BCUT2D eigenvalue weighted by molar-refractivity contribution is -0.133. The third-order valence-electron chi connectivity index (χ3n) is 3.29. The van der Waals surface area contributed by atoms with Crippen molar-refractivity contribution in [3.63, 3.8) is 0 Å². The van der Waals surface area contributed by atoms with E-state index in [1.807, 2.05) is 4.90 Å². The molecule has 0 aromatic heterocycles. The summed E-state index contributed by atoms with van der Waals surface area (Å²) in [7, 11) is 0. The number of hydrogen-bond acceptors (Lipinski definition) is 3. The summed E-state index contributed by atoms with van der Waals surface area (Å²) < 4.78 is 0. The minimum absolute atomic E-state index is 0.0982. The van der Waals surface area contributed by atoms with E-state index in [1.54, 1.807) is 6.92 Å². The lowest BCUT2D eigenvalue weighted by Crippen LogP contribution is -2.52. The molecule has 2 fully saturated rings. The van der Waals surface area contributed by atoms with E-state index in [1.165, 1.54) is 19.4 Å². The Kier molecular flexibility index (Phi) is 3.26. The third-order valence-corrected chi connectivity index (χ3v) is 3.29. The van der Waals surface area contributed by atoms with Crippen LogP contribution in [-0.2, 0) is 4.79 Å². The maximum absolute atomic E-state index is 11.6. The predicted molar refractivity (Wildman–Crippen MR) is 59.4 cm³/mol. The number of rotatable bonds is 3. The highest BCUT2D eigenvalue weighted by atomic mass is 16.2. The number of carbonyl (C=O) groups excluding carboxylic acids is 1. The highest BCUT2D eigenvalue weighted by Crippen LogP contribution is 2.29. The average Bonchev–Trinajstić information content (AvgIpc) is 3.02. The van der Waals surface area contributed by atoms with Crippen molar-refractivity contribution < 1.29 is 4.79 Å². The van der Waals surface area contributed by atoms with E-state index in [-0.39, 0.29) is 11.9 Å². The average molecular weight is 211 g/mol. The Balaban J connectivity index is 1.73. The summed E-state index contributed by atoms with van der Waals surface area (Å²) in [5, 5.41) is 0. The summed E-state index contributed by atoms with van der Waals surface area (Å²) in [5.74, 6) is 1.04. The van der Waals surface area contributed by atoms with Gasteiger partial charge < -0.3 is 10.6 Å². The Labute approximate surface area is 91.4 Å². The second kappa shape index (κ2) is 4.49. The van der Waals surface area contributed by atoms with Crippen LogP contribution in [0, 0.1) is 5.92 Å². The lowest BCUT2D eigenvalue weighted by Gasteiger charge is -2.35. The molecule has 0 unspecified atom stereocenters. The molecule has 2 N–H and O–H groups in total. The quantitative estimate of drug-likeness (QED) is 0.708. The van der Waals surface area contributed by atoms with E-state index in [4.69, 9.17) is 5.73 Å². The molecule has 1 saturated carbocycles. The van der Waals surface area contributed by atoms with Crippen LogP contribution in [0.1, 0.15) is 19.8 Å². The summed E-state index contributed by atoms with van der Waals surface area (Å²) >= 11 is 0. The zero-order chi connectivity index (χ0) is 10.8. The van der Waals surface area contributed by atoms with Crippen molar-refractivity contribution in [1.82, 2.24) is 9.80 Å². The van der Waals surface area contributed by atoms with Gasteiger partial charge in [0.15, 0.2) is 0 Å². The van der Waals surface area contributed by atoms with Crippen LogP contribution < -0.4 is 5.73 Å². The molecule has 4 nitrogen and oxygen atoms in total. The van der Waals surface area contributed by atoms with Gasteiger partial charge in [-0.25, -0.2) is 0 Å². The molecule has 1 heterocycles. The van der Waals surface area contributed by atoms with E-state index >= 15 is 0 Å². The Hall–Kier alpha value is -0.610. The highest BCUT2D eigenvalue weighted by Gasteiger charge is 2.28. The SMILES string of the molecule is C[C@@H](N)C(=O)N1CCN(CC2CC2)CC1. The molecule has 0 aromatic rings. The van der Waals surface area contributed by atoms with Crippen molar-refractivity contribution in [1.29, 1.82) is 0 Å². The minimum Gasteiger partial charge on any atom is -0.339 e. The van der Waals surface area contributed by atoms with Crippen molar-refractivity contribution in [2.24, 2.45) is 11.7 Å². The molecule has 1 saturated heterocycles. The van der Waals surface area contributed by atoms with Crippen LogP contribution in [0.25, 0.3) is 0 Å². The fraction of sp³-hybridized carbons (Fsp3) is 0.909. The van der Waals surface area contributed by atoms with Crippen LogP contribution in [0.4, 0.5) is 0 Å². The number of hydrogen-bond donors (Lipinski definition) is 1. The third kappa shape index (κ3) is 2.92. The molecule has 0 aromatic carbocycles. The first-order valence-corrected chi connectivity index (χ1v) is 5.93. The zero-order valence-corrected chi connectivity index (χ0v) is 9.48. The summed E-state index contributed by atoms with van der Waals surface area (Å²) in [5.41, 5.74) is 5.59. The fourth-order valence-corrected chi connectivity index (χ4v) is 2.10. The van der Waals surface area contributed by atoms with Gasteiger partial charge in [-0.2, -0.15) is 0 Å². The topological polar surface area (TPSA) is 49.6 Å². The molecule has 4 heteroatoms. The number of nitrogens with two attached hydrogens (primary N) is 1. The minimum atomic E-state index is -0.347. The standard InChI is InChI=1S/C11H21N3O/c1-9(12)11(15)14-6-4-13(5-7-14)8-10-2-3-10/h9-10H,2-8,12H2,1H3/t9-/m1/s1. The molecule has 0 spiro atoms. The number of amides is 1. The van der Waals surface area contributed by atoms with Crippen molar-refractivity contribution in [3.8, 4) is 0 Å². The van der Waals surface area contributed by atoms with Crippen LogP contribution in [0.15, 0.2) is 0 Å². The van der Waals surface area contributed by atoms with Gasteiger partial charge >= 0.3 is 0 Å². The maximum atomic E-state index is 11.6. The van der Waals surface area contributed by atoms with E-state index in [2.05, 4.69) is 4.90 Å². The first-order valence-electron chi connectivity index (χ1n) is 5.93. The fourth-order valence-electron chi connectivity index (χ4n) is 2.10. The second-order valence-electron chi connectivity index (χ2n) is 4.86. The van der Waals surface area contributed by atoms with Crippen LogP contribution in [-0.4, -0.2) is 54.5 Å². The van der Waals surface area contributed by atoms with Gasteiger partial charge in [-0.1, -0.05) is 0 Å². The highest BCUT2D eigenvalue weighted by molar-refractivity contribution is 5.81. The normalized spacial score (nSPS) is 25.3. The number of carbonyl (C=O) groups is 1.